The van der Waals surface area contributed by atoms with Crippen LogP contribution in [0.25, 0.3) is 22.5 Å². The van der Waals surface area contributed by atoms with Crippen molar-refractivity contribution in [3.8, 4) is 22.5 Å². The van der Waals surface area contributed by atoms with Crippen LogP contribution in [0, 0.1) is 5.92 Å². The van der Waals surface area contributed by atoms with E-state index in [0.29, 0.717) is 17.2 Å². The number of aliphatic hydroxyl groups is 1. The van der Waals surface area contributed by atoms with Crippen LogP contribution in [0.3, 0.4) is 0 Å². The molecule has 3 rings (SSSR count). The van der Waals surface area contributed by atoms with E-state index in [1.165, 1.54) is 0 Å². The Kier molecular flexibility index (Phi) is 5.94. The van der Waals surface area contributed by atoms with E-state index in [-0.39, 0.29) is 18.4 Å². The molecule has 0 spiro atoms. The van der Waals surface area contributed by atoms with Gasteiger partial charge in [0, 0.05) is 17.0 Å². The molecule has 27 heavy (non-hydrogen) atoms. The van der Waals surface area contributed by atoms with Crippen LogP contribution in [0.1, 0.15) is 25.8 Å². The number of nitrogens with zero attached hydrogens (tertiary/aromatic N) is 2. The maximum absolute atomic E-state index is 12.3. The van der Waals surface area contributed by atoms with E-state index in [1.807, 2.05) is 68.4 Å². The predicted molar refractivity (Wildman–Crippen MR) is 107 cm³/mol. The first-order valence-corrected chi connectivity index (χ1v) is 9.06. The maximum Gasteiger partial charge on any atom is 0.228 e. The number of aromatic nitrogens is 2. The lowest BCUT2D eigenvalue weighted by molar-refractivity contribution is -0.119. The molecule has 2 N–H and O–H groups in total. The summed E-state index contributed by atoms with van der Waals surface area (Å²) < 4.78 is 0. The van der Waals surface area contributed by atoms with Crippen molar-refractivity contribution >= 4 is 11.7 Å². The van der Waals surface area contributed by atoms with E-state index >= 15 is 0 Å². The normalized spacial score (nSPS) is 11.8. The minimum absolute atomic E-state index is 0.00179. The second-order valence-corrected chi connectivity index (χ2v) is 6.47. The summed E-state index contributed by atoms with van der Waals surface area (Å²) >= 11 is 0. The zero-order chi connectivity index (χ0) is 19.2. The van der Waals surface area contributed by atoms with Crippen molar-refractivity contribution in [1.82, 2.24) is 9.97 Å². The van der Waals surface area contributed by atoms with Crippen molar-refractivity contribution < 1.29 is 9.90 Å². The molecule has 1 heterocycles. The minimum atomic E-state index is -0.0962. The smallest absolute Gasteiger partial charge is 0.228 e. The summed E-state index contributed by atoms with van der Waals surface area (Å²) in [4.78, 5) is 21.6. The van der Waals surface area contributed by atoms with Crippen molar-refractivity contribution in [2.45, 2.75) is 26.9 Å². The third kappa shape index (κ3) is 4.38. The Morgan fingerprint density at radius 2 is 1.78 bits per heavy atom. The topological polar surface area (TPSA) is 75.1 Å². The SMILES string of the molecule is CCC(C)C(=O)Nc1ncc(-c2ccc(CO)cc2)nc1-c1ccccc1. The summed E-state index contributed by atoms with van der Waals surface area (Å²) in [7, 11) is 0. The molecule has 0 saturated carbocycles. The summed E-state index contributed by atoms with van der Waals surface area (Å²) in [5, 5.41) is 12.1. The van der Waals surface area contributed by atoms with Gasteiger partial charge < -0.3 is 10.4 Å². The number of hydrogen-bond donors (Lipinski definition) is 2. The minimum Gasteiger partial charge on any atom is -0.392 e. The first kappa shape index (κ1) is 18.7. The predicted octanol–water partition coefficient (Wildman–Crippen LogP) is 4.29. The van der Waals surface area contributed by atoms with Gasteiger partial charge in [-0.1, -0.05) is 68.4 Å². The fraction of sp³-hybridized carbons (Fsp3) is 0.227. The Morgan fingerprint density at radius 3 is 2.41 bits per heavy atom. The maximum atomic E-state index is 12.3. The second-order valence-electron chi connectivity index (χ2n) is 6.47. The van der Waals surface area contributed by atoms with Crippen LogP contribution in [0.15, 0.2) is 60.8 Å². The molecule has 138 valence electrons. The second kappa shape index (κ2) is 8.56. The van der Waals surface area contributed by atoms with Gasteiger partial charge in [0.2, 0.25) is 5.91 Å². The van der Waals surface area contributed by atoms with Crippen LogP contribution in [0.2, 0.25) is 0 Å². The molecule has 0 fully saturated rings. The summed E-state index contributed by atoms with van der Waals surface area (Å²) in [5.74, 6) is 0.299. The summed E-state index contributed by atoms with van der Waals surface area (Å²) in [5.41, 5.74) is 3.97. The van der Waals surface area contributed by atoms with Crippen LogP contribution in [-0.2, 0) is 11.4 Å². The van der Waals surface area contributed by atoms with Crippen molar-refractivity contribution in [2.24, 2.45) is 5.92 Å². The monoisotopic (exact) mass is 361 g/mol. The fourth-order valence-electron chi connectivity index (χ4n) is 2.62. The molecule has 1 aromatic heterocycles. The highest BCUT2D eigenvalue weighted by molar-refractivity contribution is 5.94. The molecule has 0 saturated heterocycles. The van der Waals surface area contributed by atoms with Crippen molar-refractivity contribution in [3.63, 3.8) is 0 Å². The average molecular weight is 361 g/mol. The Labute approximate surface area is 159 Å². The highest BCUT2D eigenvalue weighted by Gasteiger charge is 2.16. The van der Waals surface area contributed by atoms with Gasteiger partial charge in [0.15, 0.2) is 5.82 Å². The number of hydrogen-bond acceptors (Lipinski definition) is 4. The van der Waals surface area contributed by atoms with E-state index in [4.69, 9.17) is 4.98 Å². The van der Waals surface area contributed by atoms with E-state index in [0.717, 1.165) is 23.1 Å². The molecule has 2 aromatic carbocycles. The highest BCUT2D eigenvalue weighted by atomic mass is 16.3. The van der Waals surface area contributed by atoms with E-state index in [9.17, 15) is 9.90 Å². The van der Waals surface area contributed by atoms with Crippen LogP contribution in [0.4, 0.5) is 5.82 Å². The Bertz CT molecular complexity index is 909. The van der Waals surface area contributed by atoms with Gasteiger partial charge in [-0.3, -0.25) is 4.79 Å². The van der Waals surface area contributed by atoms with Gasteiger partial charge in [0.25, 0.3) is 0 Å². The number of benzene rings is 2. The molecular weight excluding hydrogens is 338 g/mol. The number of rotatable bonds is 6. The van der Waals surface area contributed by atoms with Crippen LogP contribution in [-0.4, -0.2) is 21.0 Å². The van der Waals surface area contributed by atoms with Gasteiger partial charge in [-0.05, 0) is 12.0 Å². The Hall–Kier alpha value is -3.05. The number of carbonyl (C=O) groups is 1. The first-order chi connectivity index (χ1) is 13.1. The molecule has 0 radical (unpaired) electrons. The van der Waals surface area contributed by atoms with E-state index in [1.54, 1.807) is 6.20 Å². The van der Waals surface area contributed by atoms with Crippen molar-refractivity contribution in [1.29, 1.82) is 0 Å². The van der Waals surface area contributed by atoms with Crippen LogP contribution < -0.4 is 5.32 Å². The zero-order valence-corrected chi connectivity index (χ0v) is 15.5. The van der Waals surface area contributed by atoms with Gasteiger partial charge in [-0.15, -0.1) is 0 Å². The van der Waals surface area contributed by atoms with Crippen LogP contribution >= 0.6 is 0 Å². The first-order valence-electron chi connectivity index (χ1n) is 9.06. The third-order valence-corrected chi connectivity index (χ3v) is 4.55. The number of anilines is 1. The Balaban J connectivity index is 2.02. The van der Waals surface area contributed by atoms with Gasteiger partial charge in [0.1, 0.15) is 5.69 Å². The van der Waals surface area contributed by atoms with Crippen molar-refractivity contribution in [2.75, 3.05) is 5.32 Å². The molecule has 1 amide bonds. The van der Waals surface area contributed by atoms with E-state index < -0.39 is 0 Å². The molecular formula is C22H23N3O2. The van der Waals surface area contributed by atoms with Gasteiger partial charge in [0.05, 0.1) is 18.5 Å². The number of carbonyl (C=O) groups excluding carboxylic acids is 1. The molecule has 0 aliphatic carbocycles. The molecule has 5 nitrogen and oxygen atoms in total. The third-order valence-electron chi connectivity index (χ3n) is 4.55. The summed E-state index contributed by atoms with van der Waals surface area (Å²) in [6.45, 7) is 3.87. The number of nitrogens with one attached hydrogen (secondary N) is 1. The molecule has 3 aromatic rings. The largest absolute Gasteiger partial charge is 0.392 e. The molecule has 1 unspecified atom stereocenters. The molecule has 0 aliphatic heterocycles. The molecule has 0 bridgehead atoms. The number of aliphatic hydroxyl groups excluding tert-OH is 1. The van der Waals surface area contributed by atoms with Crippen LogP contribution in [0.5, 0.6) is 0 Å². The van der Waals surface area contributed by atoms with Gasteiger partial charge in [-0.2, -0.15) is 0 Å². The standard InChI is InChI=1S/C22H23N3O2/c1-3-15(2)22(27)25-21-20(18-7-5-4-6-8-18)24-19(13-23-21)17-11-9-16(14-26)10-12-17/h4-13,15,26H,3,14H2,1-2H3,(H,23,25,27). The molecule has 5 heteroatoms. The summed E-state index contributed by atoms with van der Waals surface area (Å²) in [6.07, 6.45) is 2.42. The lowest BCUT2D eigenvalue weighted by atomic mass is 10.1. The quantitative estimate of drug-likeness (QED) is 0.687. The van der Waals surface area contributed by atoms with E-state index in [2.05, 4.69) is 10.3 Å². The van der Waals surface area contributed by atoms with Crippen molar-refractivity contribution in [3.05, 3.63) is 66.4 Å². The van der Waals surface area contributed by atoms with Gasteiger partial charge >= 0.3 is 0 Å². The summed E-state index contributed by atoms with van der Waals surface area (Å²) in [6, 6.07) is 17.2. The molecule has 0 aliphatic rings. The lowest BCUT2D eigenvalue weighted by Crippen LogP contribution is -2.21. The molecule has 1 atom stereocenters. The fourth-order valence-corrected chi connectivity index (χ4v) is 2.62. The number of amides is 1. The lowest BCUT2D eigenvalue weighted by Gasteiger charge is -2.14. The van der Waals surface area contributed by atoms with Gasteiger partial charge in [-0.25, -0.2) is 9.97 Å². The average Bonchev–Trinajstić information content (AvgIpc) is 2.74. The zero-order valence-electron chi connectivity index (χ0n) is 15.5. The highest BCUT2D eigenvalue weighted by Crippen LogP contribution is 2.28. The Morgan fingerprint density at radius 1 is 1.07 bits per heavy atom.